The van der Waals surface area contributed by atoms with Gasteiger partial charge in [-0.2, -0.15) is 5.10 Å². The third-order valence-electron chi connectivity index (χ3n) is 4.59. The molecule has 146 valence electrons. The number of thioether (sulfide) groups is 1. The van der Waals surface area contributed by atoms with Crippen LogP contribution < -0.4 is 10.9 Å². The molecule has 0 bridgehead atoms. The van der Waals surface area contributed by atoms with E-state index in [1.165, 1.54) is 11.8 Å². The summed E-state index contributed by atoms with van der Waals surface area (Å²) in [6, 6.07) is 18.6. The van der Waals surface area contributed by atoms with Gasteiger partial charge in [-0.3, -0.25) is 4.79 Å². The van der Waals surface area contributed by atoms with Crippen LogP contribution in [0.1, 0.15) is 5.56 Å². The molecular weight excluding hydrogens is 418 g/mol. The predicted octanol–water partition coefficient (Wildman–Crippen LogP) is 4.13. The molecule has 2 aromatic heterocycles. The monoisotopic (exact) mass is 431 g/mol. The molecule has 6 nitrogen and oxygen atoms in total. The third kappa shape index (κ3) is 3.36. The second-order valence-electron chi connectivity index (χ2n) is 6.55. The summed E-state index contributed by atoms with van der Waals surface area (Å²) in [4.78, 5) is 25.3. The van der Waals surface area contributed by atoms with E-state index >= 15 is 0 Å². The van der Waals surface area contributed by atoms with Gasteiger partial charge in [0.2, 0.25) is 0 Å². The molecule has 0 spiro atoms. The molecular formula is C22H13N3O3S2. The van der Waals surface area contributed by atoms with Gasteiger partial charge in [0.1, 0.15) is 15.6 Å². The molecule has 2 aromatic carbocycles. The van der Waals surface area contributed by atoms with Crippen LogP contribution in [-0.4, -0.2) is 20.0 Å². The van der Waals surface area contributed by atoms with Crippen LogP contribution >= 0.6 is 24.0 Å². The van der Waals surface area contributed by atoms with Gasteiger partial charge in [-0.15, -0.1) is 0 Å². The molecule has 1 aliphatic heterocycles. The number of para-hydroxylation sites is 2. The molecule has 30 heavy (non-hydrogen) atoms. The number of fused-ring (bicyclic) bond motifs is 1. The zero-order valence-corrected chi connectivity index (χ0v) is 17.0. The van der Waals surface area contributed by atoms with E-state index in [0.717, 1.165) is 11.1 Å². The zero-order valence-electron chi connectivity index (χ0n) is 15.4. The number of rotatable bonds is 3. The van der Waals surface area contributed by atoms with Gasteiger partial charge in [0.15, 0.2) is 0 Å². The van der Waals surface area contributed by atoms with Crippen LogP contribution in [-0.2, 0) is 4.79 Å². The fraction of sp³-hybridized carbons (Fsp3) is 0. The molecule has 1 fully saturated rings. The molecule has 4 aromatic rings. The first-order valence-electron chi connectivity index (χ1n) is 9.02. The van der Waals surface area contributed by atoms with E-state index in [-0.39, 0.29) is 5.91 Å². The summed E-state index contributed by atoms with van der Waals surface area (Å²) in [5.74, 6) is -0.269. The number of hydrogen-bond donors (Lipinski definition) is 1. The maximum Gasteiger partial charge on any atom is 0.345 e. The van der Waals surface area contributed by atoms with Gasteiger partial charge in [0.25, 0.3) is 5.91 Å². The van der Waals surface area contributed by atoms with Crippen molar-refractivity contribution in [3.05, 3.63) is 87.7 Å². The summed E-state index contributed by atoms with van der Waals surface area (Å²) in [6.45, 7) is 0. The minimum absolute atomic E-state index is 0.269. The summed E-state index contributed by atoms with van der Waals surface area (Å²) in [6.07, 6.45) is 3.47. The molecule has 0 radical (unpaired) electrons. The van der Waals surface area contributed by atoms with Gasteiger partial charge in [0, 0.05) is 17.1 Å². The topological polar surface area (TPSA) is 77.1 Å². The van der Waals surface area contributed by atoms with Crippen molar-refractivity contribution in [2.24, 2.45) is 0 Å². The number of aromatic nitrogens is 2. The highest BCUT2D eigenvalue weighted by Gasteiger charge is 2.24. The SMILES string of the molecule is O=C1NC(=S)S/C1=C/c1cn(-c2ccccc2)nc1-c1cc2ccccc2oc1=O. The Morgan fingerprint density at radius 2 is 1.83 bits per heavy atom. The van der Waals surface area contributed by atoms with Crippen molar-refractivity contribution in [1.29, 1.82) is 0 Å². The van der Waals surface area contributed by atoms with Crippen molar-refractivity contribution in [1.82, 2.24) is 15.1 Å². The average Bonchev–Trinajstić information content (AvgIpc) is 3.31. The first-order valence-corrected chi connectivity index (χ1v) is 10.2. The van der Waals surface area contributed by atoms with E-state index in [4.69, 9.17) is 16.6 Å². The molecule has 0 unspecified atom stereocenters. The van der Waals surface area contributed by atoms with Crippen molar-refractivity contribution in [2.75, 3.05) is 0 Å². The largest absolute Gasteiger partial charge is 0.422 e. The molecule has 1 amide bonds. The van der Waals surface area contributed by atoms with Crippen molar-refractivity contribution < 1.29 is 9.21 Å². The highest BCUT2D eigenvalue weighted by Crippen LogP contribution is 2.30. The number of nitrogens with one attached hydrogen (secondary N) is 1. The van der Waals surface area contributed by atoms with Gasteiger partial charge in [0.05, 0.1) is 16.2 Å². The van der Waals surface area contributed by atoms with Crippen molar-refractivity contribution in [3.8, 4) is 16.9 Å². The molecule has 3 heterocycles. The summed E-state index contributed by atoms with van der Waals surface area (Å²) in [5.41, 5.74) is 2.20. The lowest BCUT2D eigenvalue weighted by molar-refractivity contribution is -0.115. The Morgan fingerprint density at radius 1 is 1.07 bits per heavy atom. The highest BCUT2D eigenvalue weighted by molar-refractivity contribution is 8.26. The first kappa shape index (κ1) is 18.5. The quantitative estimate of drug-likeness (QED) is 0.299. The van der Waals surface area contributed by atoms with Crippen molar-refractivity contribution in [3.63, 3.8) is 0 Å². The van der Waals surface area contributed by atoms with Crippen LogP contribution in [0.15, 0.2) is 81.0 Å². The standard InChI is InChI=1S/C22H13N3O3S2/c26-20-18(30-22(29)23-20)11-14-12-25(15-7-2-1-3-8-15)24-19(14)16-10-13-6-4-5-9-17(13)28-21(16)27/h1-12H,(H,23,26,29)/b18-11+. The molecule has 1 N–H and O–H groups in total. The number of carbonyl (C=O) groups excluding carboxylic acids is 1. The highest BCUT2D eigenvalue weighted by atomic mass is 32.2. The first-order chi connectivity index (χ1) is 14.6. The van der Waals surface area contributed by atoms with Gasteiger partial charge in [-0.05, 0) is 30.3 Å². The Morgan fingerprint density at radius 3 is 2.60 bits per heavy atom. The maximum atomic E-state index is 12.7. The minimum Gasteiger partial charge on any atom is -0.422 e. The summed E-state index contributed by atoms with van der Waals surface area (Å²) in [7, 11) is 0. The van der Waals surface area contributed by atoms with Gasteiger partial charge in [-0.1, -0.05) is 60.4 Å². The maximum absolute atomic E-state index is 12.7. The number of hydrogen-bond acceptors (Lipinski definition) is 6. The Hall–Kier alpha value is -3.49. The molecule has 1 saturated heterocycles. The molecule has 0 atom stereocenters. The van der Waals surface area contributed by atoms with Crippen LogP contribution in [0.2, 0.25) is 0 Å². The fourth-order valence-electron chi connectivity index (χ4n) is 3.20. The molecule has 5 rings (SSSR count). The normalized spacial score (nSPS) is 15.1. The molecule has 0 saturated carbocycles. The lowest BCUT2D eigenvalue weighted by Crippen LogP contribution is -2.17. The summed E-state index contributed by atoms with van der Waals surface area (Å²) in [5, 5.41) is 8.03. The van der Waals surface area contributed by atoms with Crippen LogP contribution in [0.25, 0.3) is 34.0 Å². The number of thiocarbonyl (C=S) groups is 1. The van der Waals surface area contributed by atoms with Gasteiger partial charge in [-0.25, -0.2) is 9.48 Å². The van der Waals surface area contributed by atoms with E-state index in [9.17, 15) is 9.59 Å². The Kier molecular flexibility index (Phi) is 4.57. The molecule has 8 heteroatoms. The van der Waals surface area contributed by atoms with Crippen LogP contribution in [0.5, 0.6) is 0 Å². The van der Waals surface area contributed by atoms with E-state index in [0.29, 0.717) is 31.6 Å². The number of nitrogens with zero attached hydrogens (tertiary/aromatic N) is 2. The third-order valence-corrected chi connectivity index (χ3v) is 5.75. The number of amides is 1. The Balaban J connectivity index is 1.73. The summed E-state index contributed by atoms with van der Waals surface area (Å²) < 4.78 is 7.56. The molecule has 1 aliphatic rings. The van der Waals surface area contributed by atoms with E-state index < -0.39 is 5.63 Å². The lowest BCUT2D eigenvalue weighted by Gasteiger charge is -2.02. The van der Waals surface area contributed by atoms with Crippen LogP contribution in [0, 0.1) is 0 Å². The van der Waals surface area contributed by atoms with E-state index in [2.05, 4.69) is 10.4 Å². The number of carbonyl (C=O) groups is 1. The predicted molar refractivity (Wildman–Crippen MR) is 121 cm³/mol. The van der Waals surface area contributed by atoms with Crippen molar-refractivity contribution >= 4 is 51.3 Å². The Bertz CT molecular complexity index is 1400. The van der Waals surface area contributed by atoms with Gasteiger partial charge < -0.3 is 9.73 Å². The zero-order chi connectivity index (χ0) is 20.7. The van der Waals surface area contributed by atoms with E-state index in [1.54, 1.807) is 29.1 Å². The van der Waals surface area contributed by atoms with E-state index in [1.807, 2.05) is 48.5 Å². The molecule has 0 aliphatic carbocycles. The smallest absolute Gasteiger partial charge is 0.345 e. The average molecular weight is 431 g/mol. The Labute approximate surface area is 180 Å². The summed E-state index contributed by atoms with van der Waals surface area (Å²) >= 11 is 6.25. The van der Waals surface area contributed by atoms with Crippen LogP contribution in [0.4, 0.5) is 0 Å². The van der Waals surface area contributed by atoms with Gasteiger partial charge >= 0.3 is 5.63 Å². The van der Waals surface area contributed by atoms with Crippen molar-refractivity contribution in [2.45, 2.75) is 0 Å². The number of benzene rings is 2. The minimum atomic E-state index is -0.495. The second kappa shape index (κ2) is 7.40. The second-order valence-corrected chi connectivity index (χ2v) is 8.27. The van der Waals surface area contributed by atoms with Crippen LogP contribution in [0.3, 0.4) is 0 Å². The fourth-order valence-corrected chi connectivity index (χ4v) is 4.24. The lowest BCUT2D eigenvalue weighted by atomic mass is 10.1.